The summed E-state index contributed by atoms with van der Waals surface area (Å²) in [5.74, 6) is 0.423. The number of halogens is 1. The maximum absolute atomic E-state index is 12.5. The zero-order valence-corrected chi connectivity index (χ0v) is 15.5. The lowest BCUT2D eigenvalue weighted by Crippen LogP contribution is -2.13. The van der Waals surface area contributed by atoms with Gasteiger partial charge in [-0.1, -0.05) is 35.1 Å². The Morgan fingerprint density at radius 1 is 1.23 bits per heavy atom. The standard InChI is InChI=1S/C17H13ClN6OS/c1-9-5-6-11(16-23-24-10(2)21-22-17(24)26-16)8-13(9)20-15(25)12-4-3-7-19-14(12)18/h3-8H,1-2H3,(H,20,25). The summed E-state index contributed by atoms with van der Waals surface area (Å²) in [7, 11) is 0. The van der Waals surface area contributed by atoms with Crippen molar-refractivity contribution in [2.75, 3.05) is 5.32 Å². The van der Waals surface area contributed by atoms with E-state index >= 15 is 0 Å². The Balaban J connectivity index is 1.68. The van der Waals surface area contributed by atoms with Gasteiger partial charge in [-0.2, -0.15) is 9.61 Å². The summed E-state index contributed by atoms with van der Waals surface area (Å²) < 4.78 is 1.70. The topological polar surface area (TPSA) is 85.1 Å². The van der Waals surface area contributed by atoms with Gasteiger partial charge < -0.3 is 5.32 Å². The number of pyridine rings is 1. The first-order valence-corrected chi connectivity index (χ1v) is 8.94. The summed E-state index contributed by atoms with van der Waals surface area (Å²) in [5.41, 5.74) is 2.84. The van der Waals surface area contributed by atoms with Crippen molar-refractivity contribution in [1.29, 1.82) is 0 Å². The van der Waals surface area contributed by atoms with Gasteiger partial charge in [0.05, 0.1) is 5.56 Å². The Labute approximate surface area is 157 Å². The smallest absolute Gasteiger partial charge is 0.258 e. The van der Waals surface area contributed by atoms with E-state index in [2.05, 4.69) is 25.6 Å². The molecular weight excluding hydrogens is 372 g/mol. The first kappa shape index (κ1) is 16.6. The second-order valence-electron chi connectivity index (χ2n) is 5.67. The number of hydrogen-bond acceptors (Lipinski definition) is 6. The van der Waals surface area contributed by atoms with Crippen LogP contribution in [0, 0.1) is 13.8 Å². The normalized spacial score (nSPS) is 11.0. The highest BCUT2D eigenvalue weighted by Crippen LogP contribution is 2.29. The quantitative estimate of drug-likeness (QED) is 0.543. The molecule has 0 aliphatic carbocycles. The lowest BCUT2D eigenvalue weighted by molar-refractivity contribution is 0.102. The molecule has 4 rings (SSSR count). The third kappa shape index (κ3) is 2.93. The monoisotopic (exact) mass is 384 g/mol. The molecule has 0 saturated heterocycles. The molecule has 26 heavy (non-hydrogen) atoms. The van der Waals surface area contributed by atoms with Crippen LogP contribution in [0.5, 0.6) is 0 Å². The van der Waals surface area contributed by atoms with Crippen LogP contribution in [-0.2, 0) is 0 Å². The fourth-order valence-corrected chi connectivity index (χ4v) is 3.55. The van der Waals surface area contributed by atoms with Crippen LogP contribution < -0.4 is 5.32 Å². The van der Waals surface area contributed by atoms with Crippen molar-refractivity contribution in [3.8, 4) is 10.6 Å². The number of carbonyl (C=O) groups is 1. The molecule has 7 nitrogen and oxygen atoms in total. The van der Waals surface area contributed by atoms with Gasteiger partial charge in [-0.15, -0.1) is 10.2 Å². The summed E-state index contributed by atoms with van der Waals surface area (Å²) in [6.45, 7) is 3.77. The number of carbonyl (C=O) groups excluding carboxylic acids is 1. The number of aryl methyl sites for hydroxylation is 2. The van der Waals surface area contributed by atoms with Crippen LogP contribution in [0.15, 0.2) is 36.5 Å². The van der Waals surface area contributed by atoms with Crippen LogP contribution >= 0.6 is 22.9 Å². The van der Waals surface area contributed by atoms with Crippen LogP contribution in [-0.4, -0.2) is 30.7 Å². The van der Waals surface area contributed by atoms with Gasteiger partial charge in [0, 0.05) is 17.4 Å². The molecule has 3 heterocycles. The number of benzene rings is 1. The third-order valence-electron chi connectivity index (χ3n) is 3.88. The molecule has 130 valence electrons. The highest BCUT2D eigenvalue weighted by atomic mass is 35.5. The van der Waals surface area contributed by atoms with Crippen LogP contribution in [0.1, 0.15) is 21.7 Å². The summed E-state index contributed by atoms with van der Waals surface area (Å²) in [6.07, 6.45) is 1.54. The van der Waals surface area contributed by atoms with Crippen molar-refractivity contribution >= 4 is 39.5 Å². The van der Waals surface area contributed by atoms with Crippen molar-refractivity contribution in [3.63, 3.8) is 0 Å². The van der Waals surface area contributed by atoms with Crippen molar-refractivity contribution < 1.29 is 4.79 Å². The molecule has 0 radical (unpaired) electrons. The van der Waals surface area contributed by atoms with Crippen LogP contribution in [0.25, 0.3) is 15.5 Å². The maximum atomic E-state index is 12.5. The number of nitrogens with zero attached hydrogens (tertiary/aromatic N) is 5. The molecule has 0 spiro atoms. The number of aromatic nitrogens is 5. The van der Waals surface area contributed by atoms with Gasteiger partial charge in [0.15, 0.2) is 5.82 Å². The minimum absolute atomic E-state index is 0.169. The summed E-state index contributed by atoms with van der Waals surface area (Å²) in [6, 6.07) is 9.09. The molecule has 0 saturated carbocycles. The fraction of sp³-hybridized carbons (Fsp3) is 0.118. The van der Waals surface area contributed by atoms with E-state index in [0.29, 0.717) is 11.3 Å². The Hall–Kier alpha value is -2.84. The van der Waals surface area contributed by atoms with Crippen LogP contribution in [0.2, 0.25) is 5.15 Å². The SMILES string of the molecule is Cc1ccc(-c2nn3c(C)nnc3s2)cc1NC(=O)c1cccnc1Cl. The number of amides is 1. The molecule has 9 heteroatoms. The number of anilines is 1. The predicted octanol–water partition coefficient (Wildman–Crippen LogP) is 3.77. The zero-order chi connectivity index (χ0) is 18.3. The van der Waals surface area contributed by atoms with Crippen molar-refractivity contribution in [2.45, 2.75) is 13.8 Å². The lowest BCUT2D eigenvalue weighted by atomic mass is 10.1. The van der Waals surface area contributed by atoms with E-state index < -0.39 is 0 Å². The van der Waals surface area contributed by atoms with Crippen molar-refractivity contribution in [3.05, 3.63) is 58.6 Å². The van der Waals surface area contributed by atoms with E-state index in [-0.39, 0.29) is 11.1 Å². The average Bonchev–Trinajstić information content (AvgIpc) is 3.19. The predicted molar refractivity (Wildman–Crippen MR) is 101 cm³/mol. The Bertz CT molecular complexity index is 1140. The highest BCUT2D eigenvalue weighted by molar-refractivity contribution is 7.19. The molecule has 0 unspecified atom stereocenters. The first-order chi connectivity index (χ1) is 12.5. The first-order valence-electron chi connectivity index (χ1n) is 7.74. The molecule has 4 aromatic rings. The minimum Gasteiger partial charge on any atom is -0.322 e. The van der Waals surface area contributed by atoms with Crippen molar-refractivity contribution in [1.82, 2.24) is 24.8 Å². The molecule has 0 aliphatic rings. The molecule has 3 aromatic heterocycles. The summed E-state index contributed by atoms with van der Waals surface area (Å²) in [4.78, 5) is 17.2. The van der Waals surface area contributed by atoms with Gasteiger partial charge >= 0.3 is 0 Å². The Morgan fingerprint density at radius 2 is 2.08 bits per heavy atom. The molecular formula is C17H13ClN6OS. The van der Waals surface area contributed by atoms with E-state index in [0.717, 1.165) is 26.9 Å². The van der Waals surface area contributed by atoms with Crippen LogP contribution in [0.3, 0.4) is 0 Å². The van der Waals surface area contributed by atoms with Gasteiger partial charge in [-0.05, 0) is 37.6 Å². The van der Waals surface area contributed by atoms with Gasteiger partial charge in [-0.3, -0.25) is 4.79 Å². The van der Waals surface area contributed by atoms with E-state index in [9.17, 15) is 4.79 Å². The highest BCUT2D eigenvalue weighted by Gasteiger charge is 2.15. The molecule has 1 aromatic carbocycles. The minimum atomic E-state index is -0.308. The summed E-state index contributed by atoms with van der Waals surface area (Å²) >= 11 is 7.44. The molecule has 0 fully saturated rings. The van der Waals surface area contributed by atoms with E-state index in [1.807, 2.05) is 32.0 Å². The van der Waals surface area contributed by atoms with Gasteiger partial charge in [-0.25, -0.2) is 4.98 Å². The number of rotatable bonds is 3. The van der Waals surface area contributed by atoms with Crippen LogP contribution in [0.4, 0.5) is 5.69 Å². The maximum Gasteiger partial charge on any atom is 0.258 e. The number of hydrogen-bond donors (Lipinski definition) is 1. The van der Waals surface area contributed by atoms with E-state index in [1.165, 1.54) is 11.3 Å². The van der Waals surface area contributed by atoms with E-state index in [4.69, 9.17) is 11.6 Å². The Morgan fingerprint density at radius 3 is 2.85 bits per heavy atom. The Kier molecular flexibility index (Phi) is 4.14. The van der Waals surface area contributed by atoms with Gasteiger partial charge in [0.2, 0.25) is 4.96 Å². The van der Waals surface area contributed by atoms with Gasteiger partial charge in [0.25, 0.3) is 5.91 Å². The fourth-order valence-electron chi connectivity index (χ4n) is 2.47. The van der Waals surface area contributed by atoms with Gasteiger partial charge in [0.1, 0.15) is 10.2 Å². The third-order valence-corrected chi connectivity index (χ3v) is 5.13. The lowest BCUT2D eigenvalue weighted by Gasteiger charge is -2.10. The molecule has 0 bridgehead atoms. The molecule has 1 amide bonds. The summed E-state index contributed by atoms with van der Waals surface area (Å²) in [5, 5.41) is 16.5. The zero-order valence-electron chi connectivity index (χ0n) is 13.9. The van der Waals surface area contributed by atoms with E-state index in [1.54, 1.807) is 22.8 Å². The number of fused-ring (bicyclic) bond motifs is 1. The second kappa shape index (κ2) is 6.47. The largest absolute Gasteiger partial charge is 0.322 e. The molecule has 0 aliphatic heterocycles. The van der Waals surface area contributed by atoms with Crippen molar-refractivity contribution in [2.24, 2.45) is 0 Å². The molecule has 1 N–H and O–H groups in total. The average molecular weight is 385 g/mol. The molecule has 0 atom stereocenters. The second-order valence-corrected chi connectivity index (χ2v) is 6.99. The number of nitrogens with one attached hydrogen (secondary N) is 1.